The van der Waals surface area contributed by atoms with Crippen LogP contribution in [0.4, 0.5) is 5.82 Å². The zero-order chi connectivity index (χ0) is 33.7. The number of aliphatic carboxylic acids is 1. The van der Waals surface area contributed by atoms with Crippen LogP contribution in [0.2, 0.25) is 0 Å². The Kier molecular flexibility index (Phi) is 12.8. The lowest BCUT2D eigenvalue weighted by molar-refractivity contribution is -0.136. The number of hydrogen-bond acceptors (Lipinski definition) is 10. The van der Waals surface area contributed by atoms with Crippen molar-refractivity contribution in [2.45, 2.75) is 52.1 Å². The molecule has 1 aliphatic heterocycles. The van der Waals surface area contributed by atoms with E-state index < -0.39 is 5.97 Å². The van der Waals surface area contributed by atoms with Gasteiger partial charge in [-0.25, -0.2) is 4.79 Å². The van der Waals surface area contributed by atoms with Gasteiger partial charge in [0, 0.05) is 26.2 Å². The molecule has 1 saturated heterocycles. The maximum atomic E-state index is 12.8. The lowest BCUT2D eigenvalue weighted by Gasteiger charge is -2.28. The minimum Gasteiger partial charge on any atom is -0.494 e. The number of anilines is 1. The largest absolute Gasteiger partial charge is 0.494 e. The summed E-state index contributed by atoms with van der Waals surface area (Å²) in [6.45, 7) is 10.5. The number of aromatic amines is 1. The molecule has 4 N–H and O–H groups in total. The number of carboxylic acids is 1. The number of unbranched alkanes of at least 4 members (excludes halogenated alkanes) is 1. The number of nitrogens with two attached hydrogens (primary N) is 1. The van der Waals surface area contributed by atoms with Crippen LogP contribution >= 0.6 is 0 Å². The summed E-state index contributed by atoms with van der Waals surface area (Å²) in [5, 5.41) is 9.22. The van der Waals surface area contributed by atoms with E-state index in [1.54, 1.807) is 0 Å². The Bertz CT molecular complexity index is 1670. The number of aromatic nitrogens is 4. The molecule has 5 rings (SSSR count). The van der Waals surface area contributed by atoms with Gasteiger partial charge in [0.1, 0.15) is 11.3 Å². The molecule has 13 nitrogen and oxygen atoms in total. The Hall–Kier alpha value is -4.46. The number of carbonyl (C=O) groups is 1. The number of rotatable bonds is 19. The minimum atomic E-state index is -0.826. The number of carboxylic acid groups (broad SMARTS) is 1. The average Bonchev–Trinajstić information content (AvgIpc) is 3.39. The van der Waals surface area contributed by atoms with Crippen LogP contribution in [0.1, 0.15) is 49.3 Å². The van der Waals surface area contributed by atoms with Gasteiger partial charge in [0.15, 0.2) is 11.5 Å². The molecule has 0 radical (unpaired) electrons. The number of nitrogens with one attached hydrogen (secondary N) is 1. The lowest BCUT2D eigenvalue weighted by atomic mass is 10.1. The monoisotopic (exact) mass is 661 g/mol. The summed E-state index contributed by atoms with van der Waals surface area (Å²) in [7, 11) is 0. The first-order valence-electron chi connectivity index (χ1n) is 16.8. The number of benzene rings is 2. The van der Waals surface area contributed by atoms with Gasteiger partial charge in [-0.3, -0.25) is 19.2 Å². The SMILES string of the molecule is CCCCOc1nc(N)c2[nH]c(=O)n(Cc3ccc(OCCCN(CCCN4CCOCC4)Cc4cccc(CC(=O)O)c4)cc3)c2n1. The van der Waals surface area contributed by atoms with Gasteiger partial charge in [-0.2, -0.15) is 9.97 Å². The van der Waals surface area contributed by atoms with E-state index in [1.165, 1.54) is 4.57 Å². The predicted octanol–water partition coefficient (Wildman–Crippen LogP) is 3.55. The van der Waals surface area contributed by atoms with E-state index >= 15 is 0 Å². The van der Waals surface area contributed by atoms with Crippen LogP contribution in [0.15, 0.2) is 53.3 Å². The highest BCUT2D eigenvalue weighted by molar-refractivity contribution is 5.82. The Balaban J connectivity index is 1.15. The molecule has 0 spiro atoms. The van der Waals surface area contributed by atoms with Crippen molar-refractivity contribution in [3.8, 4) is 11.8 Å². The van der Waals surface area contributed by atoms with Crippen LogP contribution in [0, 0.1) is 0 Å². The summed E-state index contributed by atoms with van der Waals surface area (Å²) in [6, 6.07) is 15.7. The molecule has 0 aliphatic carbocycles. The molecule has 0 saturated carbocycles. The zero-order valence-electron chi connectivity index (χ0n) is 27.7. The fraction of sp³-hybridized carbons (Fsp3) is 0.486. The molecule has 1 aliphatic rings. The second-order valence-electron chi connectivity index (χ2n) is 12.1. The third kappa shape index (κ3) is 10.3. The number of hydrogen-bond donors (Lipinski definition) is 3. The summed E-state index contributed by atoms with van der Waals surface area (Å²) in [6.07, 6.45) is 3.75. The van der Waals surface area contributed by atoms with Gasteiger partial charge in [-0.15, -0.1) is 0 Å². The quantitative estimate of drug-likeness (QED) is 0.126. The van der Waals surface area contributed by atoms with Crippen LogP contribution in [-0.4, -0.2) is 99.5 Å². The smallest absolute Gasteiger partial charge is 0.328 e. The molecule has 2 aromatic carbocycles. The summed E-state index contributed by atoms with van der Waals surface area (Å²) < 4.78 is 18.7. The Morgan fingerprint density at radius 2 is 1.75 bits per heavy atom. The van der Waals surface area contributed by atoms with Gasteiger partial charge in [-0.05, 0) is 61.2 Å². The number of nitrogens with zero attached hydrogens (tertiary/aromatic N) is 5. The van der Waals surface area contributed by atoms with Gasteiger partial charge < -0.3 is 30.0 Å². The molecular formula is C35H47N7O6. The predicted molar refractivity (Wildman–Crippen MR) is 184 cm³/mol. The first-order valence-corrected chi connectivity index (χ1v) is 16.8. The number of nitrogen functional groups attached to an aromatic ring is 1. The molecular weight excluding hydrogens is 614 g/mol. The van der Waals surface area contributed by atoms with Crippen molar-refractivity contribution >= 4 is 23.0 Å². The highest BCUT2D eigenvalue weighted by Gasteiger charge is 2.16. The van der Waals surface area contributed by atoms with Crippen LogP contribution in [0.3, 0.4) is 0 Å². The molecule has 1 fully saturated rings. The summed E-state index contributed by atoms with van der Waals surface area (Å²) >= 11 is 0. The van der Waals surface area contributed by atoms with Gasteiger partial charge in [0.05, 0.1) is 39.4 Å². The summed E-state index contributed by atoms with van der Waals surface area (Å²) in [5.74, 6) is 0.102. The van der Waals surface area contributed by atoms with Gasteiger partial charge in [-0.1, -0.05) is 49.7 Å². The fourth-order valence-corrected chi connectivity index (χ4v) is 5.79. The summed E-state index contributed by atoms with van der Waals surface area (Å²) in [4.78, 5) is 40.2. The van der Waals surface area contributed by atoms with E-state index in [4.69, 9.17) is 19.9 Å². The average molecular weight is 662 g/mol. The molecule has 13 heteroatoms. The number of morpholine rings is 1. The third-order valence-corrected chi connectivity index (χ3v) is 8.32. The van der Waals surface area contributed by atoms with Crippen LogP contribution in [-0.2, 0) is 29.0 Å². The number of imidazole rings is 1. The second kappa shape index (κ2) is 17.6. The Labute approximate surface area is 280 Å². The van der Waals surface area contributed by atoms with E-state index in [-0.39, 0.29) is 23.9 Å². The van der Waals surface area contributed by atoms with E-state index in [0.717, 1.165) is 101 Å². The first-order chi connectivity index (χ1) is 23.4. The molecule has 4 aromatic rings. The number of H-pyrrole nitrogens is 1. The fourth-order valence-electron chi connectivity index (χ4n) is 5.79. The van der Waals surface area contributed by atoms with Crippen molar-refractivity contribution in [3.63, 3.8) is 0 Å². The number of fused-ring (bicyclic) bond motifs is 1. The molecule has 3 heterocycles. The Morgan fingerprint density at radius 3 is 2.52 bits per heavy atom. The van der Waals surface area contributed by atoms with Crippen LogP contribution in [0.5, 0.6) is 11.8 Å². The highest BCUT2D eigenvalue weighted by Crippen LogP contribution is 2.20. The van der Waals surface area contributed by atoms with Crippen molar-refractivity contribution in [1.82, 2.24) is 29.3 Å². The highest BCUT2D eigenvalue weighted by atomic mass is 16.5. The molecule has 0 amide bonds. The van der Waals surface area contributed by atoms with E-state index in [2.05, 4.69) is 37.7 Å². The third-order valence-electron chi connectivity index (χ3n) is 8.32. The topological polar surface area (TPSA) is 161 Å². The normalized spacial score (nSPS) is 13.7. The van der Waals surface area contributed by atoms with Crippen molar-refractivity contribution in [2.24, 2.45) is 0 Å². The molecule has 48 heavy (non-hydrogen) atoms. The van der Waals surface area contributed by atoms with E-state index in [0.29, 0.717) is 30.9 Å². The van der Waals surface area contributed by atoms with Crippen LogP contribution < -0.4 is 20.9 Å². The number of ether oxygens (including phenoxy) is 3. The molecule has 0 atom stereocenters. The van der Waals surface area contributed by atoms with Gasteiger partial charge in [0.2, 0.25) is 0 Å². The minimum absolute atomic E-state index is 0.0219. The molecule has 2 aromatic heterocycles. The molecule has 258 valence electrons. The van der Waals surface area contributed by atoms with Crippen molar-refractivity contribution in [1.29, 1.82) is 0 Å². The van der Waals surface area contributed by atoms with E-state index in [1.807, 2.05) is 42.5 Å². The molecule has 0 bridgehead atoms. The van der Waals surface area contributed by atoms with Crippen molar-refractivity contribution < 1.29 is 24.1 Å². The second-order valence-corrected chi connectivity index (χ2v) is 12.1. The van der Waals surface area contributed by atoms with Crippen LogP contribution in [0.25, 0.3) is 11.2 Å². The van der Waals surface area contributed by atoms with E-state index in [9.17, 15) is 14.7 Å². The first kappa shape index (κ1) is 34.9. The standard InChI is InChI=1S/C35H47N7O6/c1-2-3-18-48-34-38-32(36)31-33(39-34)42(35(45)37-31)25-26-9-11-29(12-10-26)47-19-6-15-41(14-5-13-40-16-20-46-21-17-40)24-28-8-4-7-27(22-28)23-30(43)44/h4,7-12,22H,2-3,5-6,13-21,23-25H2,1H3,(H,37,45)(H,43,44)(H2,36,38,39). The maximum absolute atomic E-state index is 12.8. The maximum Gasteiger partial charge on any atom is 0.328 e. The Morgan fingerprint density at radius 1 is 1.00 bits per heavy atom. The molecule has 0 unspecified atom stereocenters. The summed E-state index contributed by atoms with van der Waals surface area (Å²) in [5.41, 5.74) is 9.40. The zero-order valence-corrected chi connectivity index (χ0v) is 27.7. The lowest BCUT2D eigenvalue weighted by Crippen LogP contribution is -2.38. The van der Waals surface area contributed by atoms with Crippen molar-refractivity contribution in [2.75, 3.05) is 64.9 Å². The van der Waals surface area contributed by atoms with Gasteiger partial charge >= 0.3 is 17.7 Å². The van der Waals surface area contributed by atoms with Crippen molar-refractivity contribution in [3.05, 3.63) is 75.7 Å². The van der Waals surface area contributed by atoms with Gasteiger partial charge in [0.25, 0.3) is 0 Å².